The van der Waals surface area contributed by atoms with E-state index in [-0.39, 0.29) is 11.7 Å². The highest BCUT2D eigenvalue weighted by Gasteiger charge is 2.11. The molecule has 0 unspecified atom stereocenters. The van der Waals surface area contributed by atoms with Gasteiger partial charge in [0.2, 0.25) is 0 Å². The third-order valence-corrected chi connectivity index (χ3v) is 3.71. The van der Waals surface area contributed by atoms with Gasteiger partial charge in [-0.2, -0.15) is 0 Å². The van der Waals surface area contributed by atoms with E-state index in [0.717, 1.165) is 21.5 Å². The molecule has 0 saturated heterocycles. The molecule has 2 nitrogen and oxygen atoms in total. The second-order valence-corrected chi connectivity index (χ2v) is 6.74. The lowest BCUT2D eigenvalue weighted by molar-refractivity contribution is 0.0939. The highest BCUT2D eigenvalue weighted by atomic mass is 32.2. The summed E-state index contributed by atoms with van der Waals surface area (Å²) in [6.45, 7) is 8.21. The fraction of sp³-hybridized carbons (Fsp3) is 0.400. The number of hydrogen-bond donors (Lipinski definition) is 1. The summed E-state index contributed by atoms with van der Waals surface area (Å²) in [5, 5.41) is 2.83. The highest BCUT2D eigenvalue weighted by molar-refractivity contribution is 7.99. The van der Waals surface area contributed by atoms with Crippen LogP contribution < -0.4 is 0 Å². The van der Waals surface area contributed by atoms with E-state index in [0.29, 0.717) is 5.25 Å². The number of aromatic nitrogens is 1. The van der Waals surface area contributed by atoms with Crippen LogP contribution in [0.2, 0.25) is 0 Å². The summed E-state index contributed by atoms with van der Waals surface area (Å²) in [6.07, 6.45) is 0. The first-order valence-corrected chi connectivity index (χ1v) is 7.19. The smallest absolute Gasteiger partial charge is 0.165 e. The first-order chi connectivity index (χ1) is 8.47. The van der Waals surface area contributed by atoms with Gasteiger partial charge in [0, 0.05) is 27.6 Å². The maximum absolute atomic E-state index is 12.0. The highest BCUT2D eigenvalue weighted by Crippen LogP contribution is 2.27. The van der Waals surface area contributed by atoms with Crippen molar-refractivity contribution in [3.8, 4) is 0 Å². The van der Waals surface area contributed by atoms with Gasteiger partial charge in [-0.15, -0.1) is 11.8 Å². The van der Waals surface area contributed by atoms with E-state index in [1.54, 1.807) is 11.8 Å². The molecule has 18 heavy (non-hydrogen) atoms. The fourth-order valence-electron chi connectivity index (χ4n) is 1.91. The van der Waals surface area contributed by atoms with Crippen molar-refractivity contribution in [2.45, 2.75) is 38.0 Å². The Labute approximate surface area is 112 Å². The van der Waals surface area contributed by atoms with Gasteiger partial charge in [-0.1, -0.05) is 27.7 Å². The molecule has 1 aromatic heterocycles. The monoisotopic (exact) mass is 261 g/mol. The van der Waals surface area contributed by atoms with Crippen LogP contribution in [0.5, 0.6) is 0 Å². The van der Waals surface area contributed by atoms with Crippen LogP contribution in [-0.4, -0.2) is 16.0 Å². The van der Waals surface area contributed by atoms with E-state index in [2.05, 4.69) is 24.9 Å². The molecule has 0 radical (unpaired) electrons. The molecule has 0 aliphatic heterocycles. The number of H-pyrrole nitrogens is 1. The molecule has 0 aliphatic carbocycles. The van der Waals surface area contributed by atoms with Crippen molar-refractivity contribution < 1.29 is 4.79 Å². The number of carbonyl (C=O) groups is 1. The topological polar surface area (TPSA) is 32.9 Å². The molecule has 0 saturated carbocycles. The second kappa shape index (κ2) is 5.19. The van der Waals surface area contributed by atoms with E-state index in [1.807, 2.05) is 32.0 Å². The number of ketones is 1. The van der Waals surface area contributed by atoms with Gasteiger partial charge in [0.1, 0.15) is 0 Å². The molecule has 2 aromatic rings. The van der Waals surface area contributed by atoms with Crippen molar-refractivity contribution in [3.63, 3.8) is 0 Å². The number of thioether (sulfide) groups is 1. The zero-order chi connectivity index (χ0) is 13.3. The van der Waals surface area contributed by atoms with Crippen LogP contribution in [0.1, 0.15) is 38.1 Å². The average Bonchev–Trinajstić information content (AvgIpc) is 2.67. The normalized spacial score (nSPS) is 11.7. The number of benzene rings is 1. The molecule has 0 amide bonds. The van der Waals surface area contributed by atoms with Gasteiger partial charge >= 0.3 is 0 Å². The minimum atomic E-state index is 0.0471. The summed E-state index contributed by atoms with van der Waals surface area (Å²) in [6, 6.07) is 8.01. The van der Waals surface area contributed by atoms with Crippen LogP contribution in [0.15, 0.2) is 29.3 Å². The van der Waals surface area contributed by atoms with Crippen molar-refractivity contribution in [1.82, 2.24) is 4.98 Å². The maximum Gasteiger partial charge on any atom is 0.165 e. The molecule has 0 fully saturated rings. The average molecular weight is 261 g/mol. The van der Waals surface area contributed by atoms with E-state index in [1.165, 1.54) is 0 Å². The number of fused-ring (bicyclic) bond motifs is 1. The molecular formula is C15H19NOS. The first-order valence-electron chi connectivity index (χ1n) is 6.31. The number of hydrogen-bond acceptors (Lipinski definition) is 2. The number of carbonyl (C=O) groups excluding carboxylic acids is 1. The molecule has 96 valence electrons. The molecule has 0 atom stereocenters. The Hall–Kier alpha value is -1.22. The number of aromatic amines is 1. The minimum absolute atomic E-state index is 0.0471. The number of rotatable bonds is 4. The lowest BCUT2D eigenvalue weighted by atomic mass is 10.0. The zero-order valence-corrected chi connectivity index (χ0v) is 12.1. The Morgan fingerprint density at radius 3 is 2.50 bits per heavy atom. The zero-order valence-electron chi connectivity index (χ0n) is 11.3. The van der Waals surface area contributed by atoms with E-state index < -0.39 is 0 Å². The Morgan fingerprint density at radius 2 is 1.89 bits per heavy atom. The standard InChI is InChI=1S/C15H19NOS/c1-9(2)15(17)11-5-6-13-12(7-11)8-14(16-13)18-10(3)4/h5-10,16H,1-4H3. The Bertz CT molecular complexity index is 569. The molecule has 1 N–H and O–H groups in total. The van der Waals surface area contributed by atoms with Crippen molar-refractivity contribution >= 4 is 28.4 Å². The fourth-order valence-corrected chi connectivity index (χ4v) is 2.78. The number of Topliss-reactive ketones (excluding diaryl/α,β-unsaturated/α-hetero) is 1. The number of nitrogens with one attached hydrogen (secondary N) is 1. The van der Waals surface area contributed by atoms with E-state index in [9.17, 15) is 4.79 Å². The Kier molecular flexibility index (Phi) is 3.81. The van der Waals surface area contributed by atoms with Crippen molar-refractivity contribution in [2.75, 3.05) is 0 Å². The summed E-state index contributed by atoms with van der Waals surface area (Å²) in [5.41, 5.74) is 1.90. The van der Waals surface area contributed by atoms with Gasteiger partial charge in [0.15, 0.2) is 5.78 Å². The molecule has 3 heteroatoms. The maximum atomic E-state index is 12.0. The van der Waals surface area contributed by atoms with Crippen molar-refractivity contribution in [1.29, 1.82) is 0 Å². The summed E-state index contributed by atoms with van der Waals surface area (Å²) < 4.78 is 0. The van der Waals surface area contributed by atoms with Gasteiger partial charge in [-0.3, -0.25) is 4.79 Å². The molecule has 0 spiro atoms. The Morgan fingerprint density at radius 1 is 1.17 bits per heavy atom. The largest absolute Gasteiger partial charge is 0.350 e. The molecule has 0 aliphatic rings. The van der Waals surface area contributed by atoms with Gasteiger partial charge in [0.05, 0.1) is 5.03 Å². The van der Waals surface area contributed by atoms with Crippen LogP contribution in [-0.2, 0) is 0 Å². The van der Waals surface area contributed by atoms with Crippen LogP contribution >= 0.6 is 11.8 Å². The molecular weight excluding hydrogens is 242 g/mol. The van der Waals surface area contributed by atoms with Crippen molar-refractivity contribution in [2.24, 2.45) is 5.92 Å². The third kappa shape index (κ3) is 2.78. The molecule has 0 bridgehead atoms. The van der Waals surface area contributed by atoms with Gasteiger partial charge < -0.3 is 4.98 Å². The van der Waals surface area contributed by atoms with E-state index >= 15 is 0 Å². The second-order valence-electron chi connectivity index (χ2n) is 5.12. The van der Waals surface area contributed by atoms with Crippen molar-refractivity contribution in [3.05, 3.63) is 29.8 Å². The quantitative estimate of drug-likeness (QED) is 0.649. The molecule has 1 aromatic carbocycles. The molecule has 2 rings (SSSR count). The predicted molar refractivity (Wildman–Crippen MR) is 78.5 cm³/mol. The van der Waals surface area contributed by atoms with Crippen LogP contribution in [0.4, 0.5) is 0 Å². The summed E-state index contributed by atoms with van der Waals surface area (Å²) in [4.78, 5) is 15.3. The lowest BCUT2D eigenvalue weighted by Crippen LogP contribution is -2.06. The summed E-state index contributed by atoms with van der Waals surface area (Å²) >= 11 is 1.80. The lowest BCUT2D eigenvalue weighted by Gasteiger charge is -2.03. The van der Waals surface area contributed by atoms with Crippen LogP contribution in [0, 0.1) is 5.92 Å². The summed E-state index contributed by atoms with van der Waals surface area (Å²) in [7, 11) is 0. The van der Waals surface area contributed by atoms with Gasteiger partial charge in [-0.05, 0) is 24.3 Å². The molecule has 1 heterocycles. The Balaban J connectivity index is 2.36. The van der Waals surface area contributed by atoms with Gasteiger partial charge in [0.25, 0.3) is 0 Å². The SMILES string of the molecule is CC(C)Sc1cc2cc(C(=O)C(C)C)ccc2[nH]1. The van der Waals surface area contributed by atoms with Gasteiger partial charge in [-0.25, -0.2) is 0 Å². The van der Waals surface area contributed by atoms with Crippen LogP contribution in [0.3, 0.4) is 0 Å². The minimum Gasteiger partial charge on any atom is -0.350 e. The summed E-state index contributed by atoms with van der Waals surface area (Å²) in [5.74, 6) is 0.252. The third-order valence-electron chi connectivity index (χ3n) is 2.77. The van der Waals surface area contributed by atoms with Crippen LogP contribution in [0.25, 0.3) is 10.9 Å². The predicted octanol–water partition coefficient (Wildman–Crippen LogP) is 4.51. The first kappa shape index (κ1) is 13.2. The van der Waals surface area contributed by atoms with E-state index in [4.69, 9.17) is 0 Å².